The number of nitrogens with one attached hydrogen (secondary N) is 1. The number of hydrogen-bond acceptors (Lipinski definition) is 4. The average Bonchev–Trinajstić information content (AvgIpc) is 2.46. The lowest BCUT2D eigenvalue weighted by atomic mass is 10.1. The maximum Gasteiger partial charge on any atom is 0.179 e. The molecule has 1 fully saturated rings. The van der Waals surface area contributed by atoms with Gasteiger partial charge in [-0.1, -0.05) is 11.6 Å². The zero-order valence-corrected chi connectivity index (χ0v) is 12.4. The van der Waals surface area contributed by atoms with Crippen LogP contribution in [0.4, 0.5) is 0 Å². The minimum Gasteiger partial charge on any atom is -0.486 e. The highest BCUT2D eigenvalue weighted by atomic mass is 35.5. The van der Waals surface area contributed by atoms with Crippen LogP contribution in [0.5, 0.6) is 11.5 Å². The van der Waals surface area contributed by atoms with Crippen LogP contribution in [-0.4, -0.2) is 30.8 Å². The highest BCUT2D eigenvalue weighted by Crippen LogP contribution is 2.38. The van der Waals surface area contributed by atoms with Gasteiger partial charge in [0.1, 0.15) is 13.2 Å². The Hall–Kier alpha value is -0.580. The second-order valence-corrected chi connectivity index (χ2v) is 6.50. The lowest BCUT2D eigenvalue weighted by molar-refractivity contribution is 0.171. The first kappa shape index (κ1) is 13.4. The Morgan fingerprint density at radius 3 is 2.84 bits per heavy atom. The molecule has 5 heteroatoms. The van der Waals surface area contributed by atoms with Gasteiger partial charge >= 0.3 is 0 Å². The Morgan fingerprint density at radius 1 is 1.21 bits per heavy atom. The van der Waals surface area contributed by atoms with Crippen LogP contribution in [-0.2, 0) is 6.54 Å². The topological polar surface area (TPSA) is 30.5 Å². The fourth-order valence-electron chi connectivity index (χ4n) is 2.43. The van der Waals surface area contributed by atoms with Crippen molar-refractivity contribution in [1.82, 2.24) is 5.32 Å². The van der Waals surface area contributed by atoms with Gasteiger partial charge < -0.3 is 14.8 Å². The lowest BCUT2D eigenvalue weighted by Crippen LogP contribution is -2.32. The molecule has 0 spiro atoms. The van der Waals surface area contributed by atoms with E-state index in [1.54, 1.807) is 0 Å². The minimum atomic E-state index is 0.573. The summed E-state index contributed by atoms with van der Waals surface area (Å²) in [4.78, 5) is 0. The molecular formula is C14H18ClNO2S. The van der Waals surface area contributed by atoms with Crippen LogP contribution < -0.4 is 14.8 Å². The molecule has 104 valence electrons. The second-order valence-electron chi connectivity index (χ2n) is 4.87. The van der Waals surface area contributed by atoms with Gasteiger partial charge in [-0.2, -0.15) is 11.8 Å². The molecule has 3 nitrogen and oxygen atoms in total. The van der Waals surface area contributed by atoms with E-state index in [-0.39, 0.29) is 0 Å². The molecule has 2 aliphatic heterocycles. The Labute approximate surface area is 123 Å². The minimum absolute atomic E-state index is 0.573. The van der Waals surface area contributed by atoms with E-state index in [1.807, 2.05) is 23.9 Å². The molecule has 0 atom stereocenters. The molecule has 1 aromatic carbocycles. The van der Waals surface area contributed by atoms with Gasteiger partial charge in [-0.05, 0) is 42.0 Å². The Bertz CT molecular complexity index is 449. The molecule has 0 unspecified atom stereocenters. The van der Waals surface area contributed by atoms with Crippen LogP contribution in [0.2, 0.25) is 5.02 Å². The Morgan fingerprint density at radius 2 is 2.00 bits per heavy atom. The Balaban J connectivity index is 1.65. The summed E-state index contributed by atoms with van der Waals surface area (Å²) >= 11 is 8.28. The van der Waals surface area contributed by atoms with Crippen LogP contribution in [0.3, 0.4) is 0 Å². The molecule has 2 heterocycles. The van der Waals surface area contributed by atoms with Crippen molar-refractivity contribution >= 4 is 23.4 Å². The van der Waals surface area contributed by atoms with E-state index < -0.39 is 0 Å². The highest BCUT2D eigenvalue weighted by molar-refractivity contribution is 7.99. The number of halogens is 1. The van der Waals surface area contributed by atoms with Gasteiger partial charge in [0.05, 0.1) is 5.02 Å². The number of rotatable bonds is 3. The van der Waals surface area contributed by atoms with Crippen molar-refractivity contribution in [2.75, 3.05) is 24.7 Å². The van der Waals surface area contributed by atoms with Gasteiger partial charge in [0.2, 0.25) is 0 Å². The molecule has 0 aliphatic carbocycles. The summed E-state index contributed by atoms with van der Waals surface area (Å²) in [6.07, 6.45) is 2.51. The molecule has 0 radical (unpaired) electrons. The summed E-state index contributed by atoms with van der Waals surface area (Å²) < 4.78 is 11.1. The number of hydrogen-bond donors (Lipinski definition) is 1. The summed E-state index contributed by atoms with van der Waals surface area (Å²) in [5.41, 5.74) is 1.16. The van der Waals surface area contributed by atoms with Crippen molar-refractivity contribution in [3.05, 3.63) is 22.7 Å². The summed E-state index contributed by atoms with van der Waals surface area (Å²) in [5.74, 6) is 3.99. The third kappa shape index (κ3) is 3.30. The van der Waals surface area contributed by atoms with Gasteiger partial charge in [0, 0.05) is 12.6 Å². The molecular weight excluding hydrogens is 282 g/mol. The highest BCUT2D eigenvalue weighted by Gasteiger charge is 2.17. The van der Waals surface area contributed by atoms with E-state index in [1.165, 1.54) is 24.3 Å². The standard InChI is InChI=1S/C14H18ClNO2S/c15-12-7-10(8-13-14(12)18-4-3-17-13)9-16-11-1-5-19-6-2-11/h7-8,11,16H,1-6,9H2. The van der Waals surface area contributed by atoms with E-state index in [2.05, 4.69) is 5.32 Å². The molecule has 1 aromatic rings. The largest absolute Gasteiger partial charge is 0.486 e. The van der Waals surface area contributed by atoms with Crippen molar-refractivity contribution in [2.24, 2.45) is 0 Å². The van der Waals surface area contributed by atoms with Crippen LogP contribution in [0.1, 0.15) is 18.4 Å². The van der Waals surface area contributed by atoms with Crippen LogP contribution in [0, 0.1) is 0 Å². The zero-order chi connectivity index (χ0) is 13.1. The number of fused-ring (bicyclic) bond motifs is 1. The maximum atomic E-state index is 6.23. The molecule has 1 N–H and O–H groups in total. The van der Waals surface area contributed by atoms with Gasteiger partial charge in [-0.25, -0.2) is 0 Å². The molecule has 0 aromatic heterocycles. The smallest absolute Gasteiger partial charge is 0.179 e. The van der Waals surface area contributed by atoms with Crippen LogP contribution in [0.15, 0.2) is 12.1 Å². The number of benzene rings is 1. The van der Waals surface area contributed by atoms with E-state index in [9.17, 15) is 0 Å². The molecule has 3 rings (SSSR count). The van der Waals surface area contributed by atoms with Crippen LogP contribution in [0.25, 0.3) is 0 Å². The quantitative estimate of drug-likeness (QED) is 0.929. The van der Waals surface area contributed by atoms with Gasteiger partial charge in [0.15, 0.2) is 11.5 Å². The van der Waals surface area contributed by atoms with Crippen molar-refractivity contribution in [2.45, 2.75) is 25.4 Å². The average molecular weight is 300 g/mol. The third-order valence-electron chi connectivity index (χ3n) is 3.47. The number of thioether (sulfide) groups is 1. The fraction of sp³-hybridized carbons (Fsp3) is 0.571. The first-order valence-corrected chi connectivity index (χ1v) is 8.25. The SMILES string of the molecule is Clc1cc(CNC2CCSCC2)cc2c1OCCO2. The normalized spacial score (nSPS) is 19.4. The molecule has 1 saturated heterocycles. The van der Waals surface area contributed by atoms with Crippen molar-refractivity contribution < 1.29 is 9.47 Å². The van der Waals surface area contributed by atoms with E-state index >= 15 is 0 Å². The first-order chi connectivity index (χ1) is 9.33. The second kappa shape index (κ2) is 6.25. The van der Waals surface area contributed by atoms with Crippen molar-refractivity contribution in [3.8, 4) is 11.5 Å². The van der Waals surface area contributed by atoms with E-state index in [0.717, 1.165) is 17.9 Å². The van der Waals surface area contributed by atoms with Crippen molar-refractivity contribution in [3.63, 3.8) is 0 Å². The van der Waals surface area contributed by atoms with Gasteiger partial charge in [0.25, 0.3) is 0 Å². The fourth-order valence-corrected chi connectivity index (χ4v) is 3.82. The Kier molecular flexibility index (Phi) is 4.41. The maximum absolute atomic E-state index is 6.23. The third-order valence-corrected chi connectivity index (χ3v) is 4.80. The monoisotopic (exact) mass is 299 g/mol. The summed E-state index contributed by atoms with van der Waals surface area (Å²) in [6.45, 7) is 2.01. The summed E-state index contributed by atoms with van der Waals surface area (Å²) in [5, 5.41) is 4.25. The molecule has 2 aliphatic rings. The molecule has 0 saturated carbocycles. The van der Waals surface area contributed by atoms with E-state index in [4.69, 9.17) is 21.1 Å². The first-order valence-electron chi connectivity index (χ1n) is 6.72. The lowest BCUT2D eigenvalue weighted by Gasteiger charge is -2.24. The molecule has 19 heavy (non-hydrogen) atoms. The van der Waals surface area contributed by atoms with Gasteiger partial charge in [-0.3, -0.25) is 0 Å². The van der Waals surface area contributed by atoms with E-state index in [0.29, 0.717) is 30.0 Å². The number of ether oxygens (including phenoxy) is 2. The summed E-state index contributed by atoms with van der Waals surface area (Å²) in [7, 11) is 0. The summed E-state index contributed by atoms with van der Waals surface area (Å²) in [6, 6.07) is 4.64. The van der Waals surface area contributed by atoms with Crippen LogP contribution >= 0.6 is 23.4 Å². The van der Waals surface area contributed by atoms with Crippen molar-refractivity contribution in [1.29, 1.82) is 0 Å². The van der Waals surface area contributed by atoms with Gasteiger partial charge in [-0.15, -0.1) is 0 Å². The molecule has 0 bridgehead atoms. The predicted octanol–water partition coefficient (Wildman–Crippen LogP) is 3.10. The zero-order valence-electron chi connectivity index (χ0n) is 10.8. The predicted molar refractivity (Wildman–Crippen MR) is 79.6 cm³/mol. The molecule has 0 amide bonds.